The molecule has 0 aliphatic rings. The first-order valence-corrected chi connectivity index (χ1v) is 8.95. The fourth-order valence-corrected chi connectivity index (χ4v) is 2.63. The molecule has 0 aliphatic carbocycles. The number of benzene rings is 2. The smallest absolute Gasteiger partial charge is 0.416 e. The zero-order valence-corrected chi connectivity index (χ0v) is 16.9. The number of alkyl halides is 3. The Morgan fingerprint density at radius 3 is 2.32 bits per heavy atom. The van der Waals surface area contributed by atoms with E-state index in [0.29, 0.717) is 15.6 Å². The molecule has 0 heterocycles. The van der Waals surface area contributed by atoms with E-state index in [2.05, 4.69) is 10.1 Å². The molecule has 2 aromatic rings. The van der Waals surface area contributed by atoms with E-state index in [1.165, 1.54) is 6.07 Å². The van der Waals surface area contributed by atoms with Crippen LogP contribution in [0.1, 0.15) is 30.5 Å². The van der Waals surface area contributed by atoms with Gasteiger partial charge in [-0.15, -0.1) is 0 Å². The number of methoxy groups -OCH3 is 1. The maximum Gasteiger partial charge on any atom is 0.416 e. The first kappa shape index (κ1) is 23.8. The number of anilines is 1. The van der Waals surface area contributed by atoms with E-state index in [4.69, 9.17) is 28.6 Å². The van der Waals surface area contributed by atoms with Crippen molar-refractivity contribution in [3.8, 4) is 0 Å². The van der Waals surface area contributed by atoms with Gasteiger partial charge >= 0.3 is 12.1 Å². The van der Waals surface area contributed by atoms with Crippen LogP contribution in [0.4, 0.5) is 18.9 Å². The van der Waals surface area contributed by atoms with Crippen LogP contribution in [-0.2, 0) is 22.3 Å². The average molecular weight is 435 g/mol. The zero-order chi connectivity index (χ0) is 21.5. The summed E-state index contributed by atoms with van der Waals surface area (Å²) in [6.07, 6.45) is -4.57. The Hall–Kier alpha value is -2.25. The molecule has 0 spiro atoms. The standard InChI is InChI=1S/C17H13Cl2F3N2O2.C2H6/c1-26-16(25)15(23)12-5-3-10(17(20,21)22)6-14(12)24-8-9-2-4-11(18)7-13(9)19;1-2/h2-7,23-24H,8H2,1H3;1-2H3. The van der Waals surface area contributed by atoms with Crippen molar-refractivity contribution < 1.29 is 22.7 Å². The monoisotopic (exact) mass is 434 g/mol. The summed E-state index contributed by atoms with van der Waals surface area (Å²) in [5, 5.41) is 11.4. The second kappa shape index (κ2) is 10.3. The highest BCUT2D eigenvalue weighted by atomic mass is 35.5. The van der Waals surface area contributed by atoms with E-state index in [-0.39, 0.29) is 17.8 Å². The highest BCUT2D eigenvalue weighted by Crippen LogP contribution is 2.33. The molecule has 0 radical (unpaired) electrons. The Morgan fingerprint density at radius 1 is 1.14 bits per heavy atom. The van der Waals surface area contributed by atoms with Crippen LogP contribution in [0, 0.1) is 5.41 Å². The summed E-state index contributed by atoms with van der Waals surface area (Å²) < 4.78 is 43.4. The highest BCUT2D eigenvalue weighted by molar-refractivity contribution is 6.43. The third-order valence-corrected chi connectivity index (χ3v) is 4.08. The molecule has 0 bridgehead atoms. The molecule has 0 atom stereocenters. The van der Waals surface area contributed by atoms with Crippen LogP contribution in [0.2, 0.25) is 10.0 Å². The van der Waals surface area contributed by atoms with E-state index in [1.807, 2.05) is 13.8 Å². The van der Waals surface area contributed by atoms with E-state index < -0.39 is 23.4 Å². The van der Waals surface area contributed by atoms with Gasteiger partial charge in [-0.25, -0.2) is 4.79 Å². The summed E-state index contributed by atoms with van der Waals surface area (Å²) >= 11 is 11.9. The topological polar surface area (TPSA) is 62.2 Å². The van der Waals surface area contributed by atoms with Crippen LogP contribution in [0.15, 0.2) is 36.4 Å². The molecule has 152 valence electrons. The molecular weight excluding hydrogens is 416 g/mol. The molecule has 0 saturated carbocycles. The van der Waals surface area contributed by atoms with Crippen molar-refractivity contribution >= 4 is 40.6 Å². The number of esters is 1. The summed E-state index contributed by atoms with van der Waals surface area (Å²) in [4.78, 5) is 11.6. The van der Waals surface area contributed by atoms with Crippen LogP contribution < -0.4 is 5.32 Å². The second-order valence-corrected chi connectivity index (χ2v) is 6.06. The maximum absolute atomic E-state index is 13.0. The highest BCUT2D eigenvalue weighted by Gasteiger charge is 2.31. The summed E-state index contributed by atoms with van der Waals surface area (Å²) in [6, 6.07) is 7.39. The van der Waals surface area contributed by atoms with E-state index in [9.17, 15) is 18.0 Å². The van der Waals surface area contributed by atoms with Crippen molar-refractivity contribution in [3.05, 3.63) is 63.1 Å². The van der Waals surface area contributed by atoms with E-state index >= 15 is 0 Å². The lowest BCUT2D eigenvalue weighted by molar-refractivity contribution is -0.137. The van der Waals surface area contributed by atoms with Gasteiger partial charge in [0.1, 0.15) is 5.71 Å². The predicted octanol–water partition coefficient (Wildman–Crippen LogP) is 6.19. The third kappa shape index (κ3) is 6.14. The number of hydrogen-bond acceptors (Lipinski definition) is 4. The molecule has 9 heteroatoms. The lowest BCUT2D eigenvalue weighted by Gasteiger charge is -2.16. The van der Waals surface area contributed by atoms with E-state index in [1.54, 1.807) is 12.1 Å². The molecule has 0 amide bonds. The van der Waals surface area contributed by atoms with Crippen molar-refractivity contribution in [2.24, 2.45) is 0 Å². The molecule has 2 N–H and O–H groups in total. The summed E-state index contributed by atoms with van der Waals surface area (Å²) in [6.45, 7) is 4.07. The Bertz CT molecular complexity index is 856. The van der Waals surface area contributed by atoms with Gasteiger partial charge in [0.15, 0.2) is 0 Å². The number of hydrogen-bond donors (Lipinski definition) is 2. The van der Waals surface area contributed by atoms with Gasteiger partial charge in [-0.1, -0.05) is 43.1 Å². The fraction of sp³-hybridized carbons (Fsp3) is 0.263. The quantitative estimate of drug-likeness (QED) is 0.435. The zero-order valence-electron chi connectivity index (χ0n) is 15.4. The maximum atomic E-state index is 13.0. The van der Waals surface area contributed by atoms with Gasteiger partial charge in [-0.2, -0.15) is 13.2 Å². The second-order valence-electron chi connectivity index (χ2n) is 5.21. The minimum absolute atomic E-state index is 0.0186. The minimum Gasteiger partial charge on any atom is -0.464 e. The Labute approximate surface area is 171 Å². The van der Waals surface area contributed by atoms with Gasteiger partial charge < -0.3 is 10.1 Å². The first-order valence-electron chi connectivity index (χ1n) is 8.19. The van der Waals surface area contributed by atoms with Gasteiger partial charge in [0.2, 0.25) is 0 Å². The first-order chi connectivity index (χ1) is 13.1. The number of ether oxygens (including phenoxy) is 1. The van der Waals surface area contributed by atoms with Gasteiger partial charge in [0.25, 0.3) is 0 Å². The summed E-state index contributed by atoms with van der Waals surface area (Å²) in [5.74, 6) is -0.961. The average Bonchev–Trinajstić information content (AvgIpc) is 2.66. The SMILES string of the molecule is CC.COC(=O)C(=N)c1ccc(C(F)(F)F)cc1NCc1ccc(Cl)cc1Cl. The molecule has 0 saturated heterocycles. The summed E-state index contributed by atoms with van der Waals surface area (Å²) in [5.41, 5.74) is -0.949. The lowest BCUT2D eigenvalue weighted by Crippen LogP contribution is -2.18. The van der Waals surface area contributed by atoms with Crippen molar-refractivity contribution in [2.75, 3.05) is 12.4 Å². The van der Waals surface area contributed by atoms with Crippen LogP contribution in [0.25, 0.3) is 0 Å². The van der Waals surface area contributed by atoms with Crippen LogP contribution in [0.5, 0.6) is 0 Å². The number of halogens is 5. The number of carbonyl (C=O) groups is 1. The van der Waals surface area contributed by atoms with Crippen molar-refractivity contribution in [1.82, 2.24) is 0 Å². The van der Waals surface area contributed by atoms with Gasteiger partial charge in [0, 0.05) is 27.8 Å². The van der Waals surface area contributed by atoms with Crippen LogP contribution in [-0.4, -0.2) is 18.8 Å². The molecule has 28 heavy (non-hydrogen) atoms. The molecule has 0 unspecified atom stereocenters. The molecule has 0 fully saturated rings. The normalized spacial score (nSPS) is 10.6. The Kier molecular flexibility index (Phi) is 8.78. The summed E-state index contributed by atoms with van der Waals surface area (Å²) in [7, 11) is 1.08. The molecule has 2 aromatic carbocycles. The largest absolute Gasteiger partial charge is 0.464 e. The third-order valence-electron chi connectivity index (χ3n) is 3.49. The van der Waals surface area contributed by atoms with Crippen LogP contribution >= 0.6 is 23.2 Å². The van der Waals surface area contributed by atoms with Crippen LogP contribution in [0.3, 0.4) is 0 Å². The number of nitrogens with one attached hydrogen (secondary N) is 2. The Balaban J connectivity index is 0.00000190. The molecule has 0 aliphatic heterocycles. The van der Waals surface area contributed by atoms with Gasteiger partial charge in [-0.3, -0.25) is 5.41 Å². The predicted molar refractivity (Wildman–Crippen MR) is 105 cm³/mol. The van der Waals surface area contributed by atoms with Crippen molar-refractivity contribution in [1.29, 1.82) is 5.41 Å². The van der Waals surface area contributed by atoms with E-state index in [0.717, 1.165) is 25.3 Å². The molecule has 4 nitrogen and oxygen atoms in total. The fourth-order valence-electron chi connectivity index (χ4n) is 2.15. The minimum atomic E-state index is -4.57. The lowest BCUT2D eigenvalue weighted by atomic mass is 10.0. The number of rotatable bonds is 5. The van der Waals surface area contributed by atoms with Crippen molar-refractivity contribution in [3.63, 3.8) is 0 Å². The Morgan fingerprint density at radius 2 is 1.79 bits per heavy atom. The number of carbonyl (C=O) groups excluding carboxylic acids is 1. The molecular formula is C19H19Cl2F3N2O2. The molecule has 0 aromatic heterocycles. The van der Waals surface area contributed by atoms with Crippen molar-refractivity contribution in [2.45, 2.75) is 26.6 Å². The van der Waals surface area contributed by atoms with Gasteiger partial charge in [-0.05, 0) is 35.9 Å². The van der Waals surface area contributed by atoms with Gasteiger partial charge in [0.05, 0.1) is 12.7 Å². The molecule has 2 rings (SSSR count).